The number of benzene rings is 1. The first-order valence-corrected chi connectivity index (χ1v) is 4.97. The Morgan fingerprint density at radius 1 is 1.41 bits per heavy atom. The second-order valence-electron chi connectivity index (χ2n) is 2.91. The maximum absolute atomic E-state index is 12.0. The Morgan fingerprint density at radius 2 is 2.00 bits per heavy atom. The molecule has 0 unspecified atom stereocenters. The van der Waals surface area contributed by atoms with E-state index in [9.17, 15) is 18.0 Å². The number of hydrogen-bond donors (Lipinski definition) is 1. The monoisotopic (exact) mass is 313 g/mol. The van der Waals surface area contributed by atoms with Gasteiger partial charge >= 0.3 is 12.3 Å². The average Bonchev–Trinajstić information content (AvgIpc) is 2.19. The van der Waals surface area contributed by atoms with Gasteiger partial charge in [0.2, 0.25) is 0 Å². The number of esters is 1. The number of alkyl halides is 3. The Bertz CT molecular complexity index is 448. The number of ether oxygens (including phenoxy) is 2. The Labute approximate surface area is 103 Å². The number of rotatable bonds is 2. The van der Waals surface area contributed by atoms with Crippen LogP contribution >= 0.6 is 15.9 Å². The van der Waals surface area contributed by atoms with Crippen molar-refractivity contribution in [3.8, 4) is 5.75 Å². The summed E-state index contributed by atoms with van der Waals surface area (Å²) < 4.78 is 44.2. The van der Waals surface area contributed by atoms with Gasteiger partial charge in [-0.3, -0.25) is 0 Å². The van der Waals surface area contributed by atoms with Crippen molar-refractivity contribution < 1.29 is 27.4 Å². The van der Waals surface area contributed by atoms with E-state index in [-0.39, 0.29) is 15.7 Å². The van der Waals surface area contributed by atoms with E-state index in [1.165, 1.54) is 0 Å². The van der Waals surface area contributed by atoms with Gasteiger partial charge in [0.15, 0.2) is 0 Å². The third kappa shape index (κ3) is 3.52. The molecule has 1 rings (SSSR count). The Balaban J connectivity index is 3.19. The molecule has 1 aromatic rings. The molecule has 0 bridgehead atoms. The quantitative estimate of drug-likeness (QED) is 0.673. The highest BCUT2D eigenvalue weighted by Crippen LogP contribution is 2.32. The molecule has 0 radical (unpaired) electrons. The summed E-state index contributed by atoms with van der Waals surface area (Å²) in [5, 5.41) is 0. The molecule has 0 fully saturated rings. The molecule has 0 saturated heterocycles. The maximum atomic E-state index is 12.0. The lowest BCUT2D eigenvalue weighted by atomic mass is 10.2. The van der Waals surface area contributed by atoms with Gasteiger partial charge in [-0.05, 0) is 22.0 Å². The zero-order chi connectivity index (χ0) is 13.2. The Hall–Kier alpha value is -1.44. The predicted octanol–water partition coefficient (Wildman–Crippen LogP) is 2.72. The number of hydrogen-bond acceptors (Lipinski definition) is 4. The van der Waals surface area contributed by atoms with Crippen molar-refractivity contribution in [2.75, 3.05) is 12.8 Å². The van der Waals surface area contributed by atoms with Crippen LogP contribution in [-0.2, 0) is 4.74 Å². The molecule has 0 aromatic heterocycles. The summed E-state index contributed by atoms with van der Waals surface area (Å²) >= 11 is 2.97. The van der Waals surface area contributed by atoms with Crippen molar-refractivity contribution in [3.63, 3.8) is 0 Å². The summed E-state index contributed by atoms with van der Waals surface area (Å²) in [6, 6.07) is 1.84. The van der Waals surface area contributed by atoms with Gasteiger partial charge in [-0.2, -0.15) is 0 Å². The third-order valence-electron chi connectivity index (χ3n) is 1.71. The molecule has 2 N–H and O–H groups in total. The van der Waals surface area contributed by atoms with E-state index >= 15 is 0 Å². The second-order valence-corrected chi connectivity index (χ2v) is 3.71. The van der Waals surface area contributed by atoms with E-state index in [1.807, 2.05) is 0 Å². The van der Waals surface area contributed by atoms with E-state index < -0.39 is 18.1 Å². The minimum atomic E-state index is -4.85. The molecule has 94 valence electrons. The average molecular weight is 314 g/mol. The molecule has 0 atom stereocenters. The highest BCUT2D eigenvalue weighted by Gasteiger charge is 2.32. The van der Waals surface area contributed by atoms with E-state index in [1.54, 1.807) is 0 Å². The van der Waals surface area contributed by atoms with Crippen molar-refractivity contribution in [1.29, 1.82) is 0 Å². The molecular formula is C9H7BrF3NO3. The fraction of sp³-hybridized carbons (Fsp3) is 0.222. The first-order valence-electron chi connectivity index (χ1n) is 4.17. The van der Waals surface area contributed by atoms with Gasteiger partial charge in [0, 0.05) is 6.07 Å². The van der Waals surface area contributed by atoms with Crippen LogP contribution in [0.15, 0.2) is 16.6 Å². The molecule has 1 aromatic carbocycles. The molecule has 0 spiro atoms. The van der Waals surface area contributed by atoms with Crippen LogP contribution in [0.5, 0.6) is 5.75 Å². The number of carbonyl (C=O) groups is 1. The topological polar surface area (TPSA) is 61.5 Å². The second kappa shape index (κ2) is 4.82. The lowest BCUT2D eigenvalue weighted by Crippen LogP contribution is -2.18. The summed E-state index contributed by atoms with van der Waals surface area (Å²) in [6.45, 7) is 0. The van der Waals surface area contributed by atoms with E-state index in [0.29, 0.717) is 0 Å². The normalized spacial score (nSPS) is 11.1. The van der Waals surface area contributed by atoms with Crippen molar-refractivity contribution in [2.45, 2.75) is 6.36 Å². The molecule has 4 nitrogen and oxygen atoms in total. The minimum absolute atomic E-state index is 0.0628. The number of nitrogen functional groups attached to an aromatic ring is 1. The van der Waals surface area contributed by atoms with Gasteiger partial charge in [0.05, 0.1) is 22.8 Å². The number of anilines is 1. The van der Waals surface area contributed by atoms with Crippen LogP contribution in [0.2, 0.25) is 0 Å². The smallest absolute Gasteiger partial charge is 0.465 e. The lowest BCUT2D eigenvalue weighted by molar-refractivity contribution is -0.274. The van der Waals surface area contributed by atoms with Crippen molar-refractivity contribution in [3.05, 3.63) is 22.2 Å². The van der Waals surface area contributed by atoms with Crippen molar-refractivity contribution in [2.24, 2.45) is 0 Å². The highest BCUT2D eigenvalue weighted by atomic mass is 79.9. The Morgan fingerprint density at radius 3 is 2.47 bits per heavy atom. The Kier molecular flexibility index (Phi) is 3.87. The first-order chi connectivity index (χ1) is 7.74. The number of halogens is 4. The van der Waals surface area contributed by atoms with E-state index in [0.717, 1.165) is 19.2 Å². The van der Waals surface area contributed by atoms with Gasteiger partial charge in [-0.1, -0.05) is 0 Å². The molecule has 0 aliphatic rings. The van der Waals surface area contributed by atoms with E-state index in [4.69, 9.17) is 5.73 Å². The van der Waals surface area contributed by atoms with Gasteiger partial charge in [-0.15, -0.1) is 13.2 Å². The van der Waals surface area contributed by atoms with Crippen LogP contribution < -0.4 is 10.5 Å². The fourth-order valence-corrected chi connectivity index (χ4v) is 1.46. The number of nitrogens with two attached hydrogens (primary N) is 1. The molecule has 0 amide bonds. The highest BCUT2D eigenvalue weighted by molar-refractivity contribution is 9.10. The summed E-state index contributed by atoms with van der Waals surface area (Å²) in [4.78, 5) is 11.3. The van der Waals surface area contributed by atoms with Crippen molar-refractivity contribution in [1.82, 2.24) is 0 Å². The molecule has 17 heavy (non-hydrogen) atoms. The first kappa shape index (κ1) is 13.6. The standard InChI is InChI=1S/C9H7BrF3NO3/c1-16-8(15)5-2-4(17-9(11,12)13)3-6(14)7(5)10/h2-3H,14H2,1H3. The van der Waals surface area contributed by atoms with Gasteiger partial charge in [0.25, 0.3) is 0 Å². The fourth-order valence-electron chi connectivity index (χ4n) is 1.07. The van der Waals surface area contributed by atoms with Crippen LogP contribution in [0.3, 0.4) is 0 Å². The van der Waals surface area contributed by atoms with Crippen LogP contribution in [-0.4, -0.2) is 19.4 Å². The zero-order valence-corrected chi connectivity index (χ0v) is 10.1. The molecule has 0 heterocycles. The predicted molar refractivity (Wildman–Crippen MR) is 56.6 cm³/mol. The minimum Gasteiger partial charge on any atom is -0.465 e. The third-order valence-corrected chi connectivity index (χ3v) is 2.60. The lowest BCUT2D eigenvalue weighted by Gasteiger charge is -2.12. The molecule has 0 saturated carbocycles. The van der Waals surface area contributed by atoms with Crippen LogP contribution in [0, 0.1) is 0 Å². The van der Waals surface area contributed by atoms with Crippen LogP contribution in [0.1, 0.15) is 10.4 Å². The van der Waals surface area contributed by atoms with Crippen LogP contribution in [0.25, 0.3) is 0 Å². The van der Waals surface area contributed by atoms with Crippen LogP contribution in [0.4, 0.5) is 18.9 Å². The van der Waals surface area contributed by atoms with Gasteiger partial charge < -0.3 is 15.2 Å². The summed E-state index contributed by atoms with van der Waals surface area (Å²) in [7, 11) is 1.10. The SMILES string of the molecule is COC(=O)c1cc(OC(F)(F)F)cc(N)c1Br. The van der Waals surface area contributed by atoms with E-state index in [2.05, 4.69) is 25.4 Å². The summed E-state index contributed by atoms with van der Waals surface area (Å²) in [5.41, 5.74) is 5.22. The molecule has 8 heteroatoms. The summed E-state index contributed by atoms with van der Waals surface area (Å²) in [5.74, 6) is -1.41. The van der Waals surface area contributed by atoms with Gasteiger partial charge in [-0.25, -0.2) is 4.79 Å². The largest absolute Gasteiger partial charge is 0.573 e. The summed E-state index contributed by atoms with van der Waals surface area (Å²) in [6.07, 6.45) is -4.85. The zero-order valence-electron chi connectivity index (χ0n) is 8.47. The number of methoxy groups -OCH3 is 1. The number of carbonyl (C=O) groups excluding carboxylic acids is 1. The molecule has 0 aliphatic heterocycles. The van der Waals surface area contributed by atoms with Gasteiger partial charge in [0.1, 0.15) is 5.75 Å². The van der Waals surface area contributed by atoms with Crippen molar-refractivity contribution >= 4 is 27.6 Å². The molecule has 0 aliphatic carbocycles. The molecular weight excluding hydrogens is 307 g/mol. The maximum Gasteiger partial charge on any atom is 0.573 e.